The van der Waals surface area contributed by atoms with E-state index in [9.17, 15) is 0 Å². The third-order valence-corrected chi connectivity index (χ3v) is 2.89. The highest BCUT2D eigenvalue weighted by Gasteiger charge is 2.47. The van der Waals surface area contributed by atoms with Crippen LogP contribution in [0.1, 0.15) is 27.2 Å². The Morgan fingerprint density at radius 1 is 1.07 bits per heavy atom. The molecule has 1 aliphatic rings. The van der Waals surface area contributed by atoms with Crippen LogP contribution >= 0.6 is 0 Å². The molecule has 0 saturated carbocycles. The Kier molecular flexibility index (Phi) is 2.91. The minimum atomic E-state index is -1.05. The summed E-state index contributed by atoms with van der Waals surface area (Å²) in [6.07, 6.45) is 0.652. The lowest BCUT2D eigenvalue weighted by Gasteiger charge is -2.39. The van der Waals surface area contributed by atoms with Gasteiger partial charge in [-0.15, -0.1) is 0 Å². The molecule has 0 radical (unpaired) electrons. The summed E-state index contributed by atoms with van der Waals surface area (Å²) < 4.78 is 11.0. The van der Waals surface area contributed by atoms with E-state index in [2.05, 4.69) is 0 Å². The zero-order chi connectivity index (χ0) is 11.0. The number of nitrogens with two attached hydrogens (primary N) is 3. The summed E-state index contributed by atoms with van der Waals surface area (Å²) in [5.41, 5.74) is 16.2. The fraction of sp³-hybridized carbons (Fsp3) is 1.00. The van der Waals surface area contributed by atoms with Crippen molar-refractivity contribution in [1.82, 2.24) is 0 Å². The van der Waals surface area contributed by atoms with E-state index in [1.54, 1.807) is 0 Å². The van der Waals surface area contributed by atoms with Crippen LogP contribution in [0.25, 0.3) is 0 Å². The largest absolute Gasteiger partial charge is 0.348 e. The lowest BCUT2D eigenvalue weighted by molar-refractivity contribution is -0.203. The first-order valence-corrected chi connectivity index (χ1v) is 4.87. The minimum absolute atomic E-state index is 0.199. The van der Waals surface area contributed by atoms with E-state index >= 15 is 0 Å². The van der Waals surface area contributed by atoms with Gasteiger partial charge in [-0.2, -0.15) is 0 Å². The fourth-order valence-corrected chi connectivity index (χ4v) is 1.35. The molecule has 6 N–H and O–H groups in total. The number of rotatable bonds is 1. The number of ether oxygens (including phenoxy) is 2. The predicted molar refractivity (Wildman–Crippen MR) is 54.3 cm³/mol. The molecule has 1 aliphatic heterocycles. The molecule has 0 amide bonds. The van der Waals surface area contributed by atoms with Crippen molar-refractivity contribution < 1.29 is 9.47 Å². The van der Waals surface area contributed by atoms with Gasteiger partial charge in [-0.3, -0.25) is 0 Å². The Morgan fingerprint density at radius 2 is 1.57 bits per heavy atom. The lowest BCUT2D eigenvalue weighted by atomic mass is 9.85. The van der Waals surface area contributed by atoms with Gasteiger partial charge in [0.05, 0.1) is 18.8 Å². The third-order valence-electron chi connectivity index (χ3n) is 2.89. The maximum absolute atomic E-state index is 6.10. The van der Waals surface area contributed by atoms with Gasteiger partial charge < -0.3 is 26.7 Å². The first kappa shape index (κ1) is 11.9. The van der Waals surface area contributed by atoms with Crippen molar-refractivity contribution in [2.75, 3.05) is 13.2 Å². The van der Waals surface area contributed by atoms with Crippen molar-refractivity contribution in [2.24, 2.45) is 17.2 Å². The van der Waals surface area contributed by atoms with Crippen molar-refractivity contribution in [3.8, 4) is 0 Å². The minimum Gasteiger partial charge on any atom is -0.348 e. The van der Waals surface area contributed by atoms with E-state index in [1.165, 1.54) is 0 Å². The molecule has 5 nitrogen and oxygen atoms in total. The topological polar surface area (TPSA) is 96.5 Å². The molecule has 1 rings (SSSR count). The smallest absolute Gasteiger partial charge is 0.162 e. The molecule has 1 atom stereocenters. The van der Waals surface area contributed by atoms with Gasteiger partial charge in [-0.05, 0) is 20.3 Å². The zero-order valence-corrected chi connectivity index (χ0v) is 9.17. The second-order valence-electron chi connectivity index (χ2n) is 4.53. The molecule has 0 aromatic carbocycles. The Hall–Kier alpha value is -0.200. The molecule has 0 aromatic rings. The molecule has 0 aliphatic carbocycles. The van der Waals surface area contributed by atoms with Crippen molar-refractivity contribution in [1.29, 1.82) is 0 Å². The van der Waals surface area contributed by atoms with Gasteiger partial charge in [0.15, 0.2) is 5.79 Å². The Balaban J connectivity index is 2.88. The SMILES string of the molecule is CCC1(N)COC(C)(C)OCC1(N)N. The van der Waals surface area contributed by atoms with Crippen molar-refractivity contribution >= 4 is 0 Å². The van der Waals surface area contributed by atoms with Gasteiger partial charge in [0.25, 0.3) is 0 Å². The molecule has 1 unspecified atom stereocenters. The van der Waals surface area contributed by atoms with Gasteiger partial charge in [0.1, 0.15) is 5.66 Å². The molecule has 1 heterocycles. The average Bonchev–Trinajstić information content (AvgIpc) is 2.17. The van der Waals surface area contributed by atoms with Crippen LogP contribution in [0.5, 0.6) is 0 Å². The van der Waals surface area contributed by atoms with Crippen molar-refractivity contribution in [2.45, 2.75) is 44.2 Å². The van der Waals surface area contributed by atoms with E-state index in [0.29, 0.717) is 13.0 Å². The second kappa shape index (κ2) is 3.43. The normalized spacial score (nSPS) is 36.4. The Morgan fingerprint density at radius 3 is 2.07 bits per heavy atom. The standard InChI is InChI=1S/C9H21N3O2/c1-4-8(10)5-13-7(2,3)14-6-9(8,11)12/h4-6,10-12H2,1-3H3. The highest BCUT2D eigenvalue weighted by Crippen LogP contribution is 2.26. The van der Waals surface area contributed by atoms with Gasteiger partial charge in [-0.25, -0.2) is 0 Å². The van der Waals surface area contributed by atoms with Crippen molar-refractivity contribution in [3.05, 3.63) is 0 Å². The highest BCUT2D eigenvalue weighted by atomic mass is 16.7. The van der Waals surface area contributed by atoms with Gasteiger partial charge in [-0.1, -0.05) is 6.92 Å². The Labute approximate surface area is 84.9 Å². The molecular formula is C9H21N3O2. The third kappa shape index (κ3) is 2.07. The van der Waals surface area contributed by atoms with Crippen LogP contribution in [-0.2, 0) is 9.47 Å². The molecule has 1 fully saturated rings. The van der Waals surface area contributed by atoms with E-state index in [4.69, 9.17) is 26.7 Å². The van der Waals surface area contributed by atoms with Crippen LogP contribution < -0.4 is 17.2 Å². The summed E-state index contributed by atoms with van der Waals surface area (Å²) in [5.74, 6) is -0.666. The fourth-order valence-electron chi connectivity index (χ4n) is 1.35. The van der Waals surface area contributed by atoms with E-state index in [-0.39, 0.29) is 6.61 Å². The van der Waals surface area contributed by atoms with Crippen LogP contribution in [0.15, 0.2) is 0 Å². The van der Waals surface area contributed by atoms with Crippen LogP contribution in [0.2, 0.25) is 0 Å². The van der Waals surface area contributed by atoms with Crippen LogP contribution in [0.4, 0.5) is 0 Å². The molecule has 0 bridgehead atoms. The van der Waals surface area contributed by atoms with Crippen molar-refractivity contribution in [3.63, 3.8) is 0 Å². The highest BCUT2D eigenvalue weighted by molar-refractivity contribution is 5.04. The summed E-state index contributed by atoms with van der Waals surface area (Å²) in [6.45, 7) is 6.10. The summed E-state index contributed by atoms with van der Waals surface area (Å²) in [6, 6.07) is 0. The summed E-state index contributed by atoms with van der Waals surface area (Å²) >= 11 is 0. The average molecular weight is 203 g/mol. The van der Waals surface area contributed by atoms with E-state index < -0.39 is 17.0 Å². The Bertz CT molecular complexity index is 218. The number of hydrogen-bond acceptors (Lipinski definition) is 5. The lowest BCUT2D eigenvalue weighted by Crippen LogP contribution is -2.74. The van der Waals surface area contributed by atoms with Gasteiger partial charge >= 0.3 is 0 Å². The van der Waals surface area contributed by atoms with Crippen LogP contribution in [0, 0.1) is 0 Å². The quantitative estimate of drug-likeness (QED) is 0.499. The number of hydrogen-bond donors (Lipinski definition) is 3. The first-order chi connectivity index (χ1) is 6.22. The summed E-state index contributed by atoms with van der Waals surface area (Å²) in [7, 11) is 0. The van der Waals surface area contributed by atoms with E-state index in [1.807, 2.05) is 20.8 Å². The molecular weight excluding hydrogens is 182 g/mol. The maximum atomic E-state index is 6.10. The van der Waals surface area contributed by atoms with Crippen LogP contribution in [-0.4, -0.2) is 30.2 Å². The molecule has 1 saturated heterocycles. The monoisotopic (exact) mass is 203 g/mol. The molecule has 14 heavy (non-hydrogen) atoms. The molecule has 0 spiro atoms. The zero-order valence-electron chi connectivity index (χ0n) is 9.17. The summed E-state index contributed by atoms with van der Waals surface area (Å²) in [5, 5.41) is 0. The molecule has 84 valence electrons. The van der Waals surface area contributed by atoms with Crippen LogP contribution in [0.3, 0.4) is 0 Å². The summed E-state index contributed by atoms with van der Waals surface area (Å²) in [4.78, 5) is 0. The van der Waals surface area contributed by atoms with E-state index in [0.717, 1.165) is 0 Å². The van der Waals surface area contributed by atoms with Gasteiger partial charge in [0, 0.05) is 0 Å². The molecule has 5 heteroatoms. The maximum Gasteiger partial charge on any atom is 0.162 e. The predicted octanol–water partition coefficient (Wildman–Crippen LogP) is -0.509. The van der Waals surface area contributed by atoms with Gasteiger partial charge in [0.2, 0.25) is 0 Å². The second-order valence-corrected chi connectivity index (χ2v) is 4.53. The first-order valence-electron chi connectivity index (χ1n) is 4.87. The molecule has 0 aromatic heterocycles.